The molecule has 0 amide bonds. The van der Waals surface area contributed by atoms with Crippen LogP contribution in [0.3, 0.4) is 0 Å². The molecule has 0 aliphatic heterocycles. The lowest BCUT2D eigenvalue weighted by Crippen LogP contribution is -2.46. The monoisotopic (exact) mass is 211 g/mol. The Morgan fingerprint density at radius 1 is 1.40 bits per heavy atom. The molecule has 0 bridgehead atoms. The van der Waals surface area contributed by atoms with Crippen LogP contribution in [0.15, 0.2) is 4.99 Å². The van der Waals surface area contributed by atoms with Crippen molar-refractivity contribution >= 4 is 5.96 Å². The molecule has 0 aromatic heterocycles. The third-order valence-electron chi connectivity index (χ3n) is 3.42. The highest BCUT2D eigenvalue weighted by atomic mass is 15.3. The van der Waals surface area contributed by atoms with E-state index >= 15 is 0 Å². The minimum atomic E-state index is 0.597. The zero-order valence-corrected chi connectivity index (χ0v) is 10.4. The summed E-state index contributed by atoms with van der Waals surface area (Å²) in [5.41, 5.74) is 5.97. The molecule has 2 N–H and O–H groups in total. The van der Waals surface area contributed by atoms with Gasteiger partial charge in [-0.2, -0.15) is 0 Å². The maximum Gasteiger partial charge on any atom is 0.191 e. The average molecular weight is 211 g/mol. The lowest BCUT2D eigenvalue weighted by Gasteiger charge is -2.36. The topological polar surface area (TPSA) is 41.6 Å². The van der Waals surface area contributed by atoms with Crippen molar-refractivity contribution in [2.75, 3.05) is 13.6 Å². The van der Waals surface area contributed by atoms with Gasteiger partial charge in [0.25, 0.3) is 0 Å². The Hall–Kier alpha value is -0.730. The fraction of sp³-hybridized carbons (Fsp3) is 0.917. The van der Waals surface area contributed by atoms with E-state index in [1.807, 2.05) is 0 Å². The molecule has 1 rings (SSSR count). The van der Waals surface area contributed by atoms with Crippen molar-refractivity contribution in [2.45, 2.75) is 52.0 Å². The van der Waals surface area contributed by atoms with Gasteiger partial charge in [-0.05, 0) is 25.2 Å². The molecule has 2 unspecified atom stereocenters. The molecule has 1 saturated carbocycles. The van der Waals surface area contributed by atoms with Gasteiger partial charge in [0.1, 0.15) is 0 Å². The van der Waals surface area contributed by atoms with Gasteiger partial charge in [-0.3, -0.25) is 4.99 Å². The first-order valence-electron chi connectivity index (χ1n) is 6.19. The SMILES string of the molecule is CCCN=C(N)N(C)C1CCCCC1C. The van der Waals surface area contributed by atoms with Crippen LogP contribution in [0.5, 0.6) is 0 Å². The molecular weight excluding hydrogens is 186 g/mol. The van der Waals surface area contributed by atoms with Gasteiger partial charge < -0.3 is 10.6 Å². The van der Waals surface area contributed by atoms with E-state index in [0.29, 0.717) is 6.04 Å². The van der Waals surface area contributed by atoms with Gasteiger partial charge in [0.05, 0.1) is 0 Å². The van der Waals surface area contributed by atoms with Crippen LogP contribution in [0.4, 0.5) is 0 Å². The molecular formula is C12H25N3. The Kier molecular flexibility index (Phi) is 4.92. The summed E-state index contributed by atoms with van der Waals surface area (Å²) in [5.74, 6) is 1.47. The predicted molar refractivity (Wildman–Crippen MR) is 66.0 cm³/mol. The first-order valence-corrected chi connectivity index (χ1v) is 6.19. The quantitative estimate of drug-likeness (QED) is 0.574. The molecule has 0 aromatic rings. The first kappa shape index (κ1) is 12.3. The average Bonchev–Trinajstić information content (AvgIpc) is 2.25. The number of rotatable bonds is 3. The maximum absolute atomic E-state index is 5.97. The molecule has 2 atom stereocenters. The zero-order valence-electron chi connectivity index (χ0n) is 10.4. The third kappa shape index (κ3) is 3.40. The van der Waals surface area contributed by atoms with Gasteiger partial charge in [0.2, 0.25) is 0 Å². The van der Waals surface area contributed by atoms with Gasteiger partial charge in [0, 0.05) is 19.6 Å². The Morgan fingerprint density at radius 3 is 2.67 bits per heavy atom. The van der Waals surface area contributed by atoms with Crippen molar-refractivity contribution in [2.24, 2.45) is 16.6 Å². The normalized spacial score (nSPS) is 27.8. The zero-order chi connectivity index (χ0) is 11.3. The molecule has 3 heteroatoms. The fourth-order valence-electron chi connectivity index (χ4n) is 2.38. The summed E-state index contributed by atoms with van der Waals surface area (Å²) in [4.78, 5) is 6.55. The summed E-state index contributed by atoms with van der Waals surface area (Å²) in [6.45, 7) is 5.30. The lowest BCUT2D eigenvalue weighted by atomic mass is 9.85. The number of hydrogen-bond donors (Lipinski definition) is 1. The highest BCUT2D eigenvalue weighted by molar-refractivity contribution is 5.78. The van der Waals surface area contributed by atoms with Gasteiger partial charge in [-0.25, -0.2) is 0 Å². The second kappa shape index (κ2) is 5.99. The molecule has 1 aliphatic rings. The summed E-state index contributed by atoms with van der Waals surface area (Å²) < 4.78 is 0. The summed E-state index contributed by atoms with van der Waals surface area (Å²) in [6, 6.07) is 0.597. The number of aliphatic imine (C=N–C) groups is 1. The number of nitrogens with zero attached hydrogens (tertiary/aromatic N) is 2. The standard InChI is InChI=1S/C12H25N3/c1-4-9-14-12(13)15(3)11-8-6-5-7-10(11)2/h10-11H,4-9H2,1-3H3,(H2,13,14). The fourth-order valence-corrected chi connectivity index (χ4v) is 2.38. The van der Waals surface area contributed by atoms with Gasteiger partial charge in [-0.15, -0.1) is 0 Å². The van der Waals surface area contributed by atoms with Crippen molar-refractivity contribution in [3.63, 3.8) is 0 Å². The molecule has 0 aromatic carbocycles. The number of nitrogens with two attached hydrogens (primary N) is 1. The lowest BCUT2D eigenvalue weighted by molar-refractivity contribution is 0.203. The van der Waals surface area contributed by atoms with E-state index in [1.54, 1.807) is 0 Å². The van der Waals surface area contributed by atoms with Crippen LogP contribution in [0.1, 0.15) is 46.0 Å². The molecule has 0 saturated heterocycles. The van der Waals surface area contributed by atoms with Gasteiger partial charge in [0.15, 0.2) is 5.96 Å². The number of guanidine groups is 1. The van der Waals surface area contributed by atoms with E-state index in [1.165, 1.54) is 25.7 Å². The first-order chi connectivity index (χ1) is 7.16. The van der Waals surface area contributed by atoms with Crippen LogP contribution in [0, 0.1) is 5.92 Å². The summed E-state index contributed by atoms with van der Waals surface area (Å²) in [6.07, 6.45) is 6.36. The summed E-state index contributed by atoms with van der Waals surface area (Å²) in [5, 5.41) is 0. The van der Waals surface area contributed by atoms with E-state index in [4.69, 9.17) is 5.73 Å². The Labute approximate surface area is 93.7 Å². The Balaban J connectivity index is 2.53. The Bertz CT molecular complexity index is 213. The van der Waals surface area contributed by atoms with Crippen molar-refractivity contribution in [1.82, 2.24) is 4.90 Å². The van der Waals surface area contributed by atoms with Crippen LogP contribution in [0.2, 0.25) is 0 Å². The number of hydrogen-bond acceptors (Lipinski definition) is 1. The minimum absolute atomic E-state index is 0.597. The minimum Gasteiger partial charge on any atom is -0.370 e. The van der Waals surface area contributed by atoms with Crippen LogP contribution < -0.4 is 5.73 Å². The predicted octanol–water partition coefficient (Wildman–Crippen LogP) is 2.22. The maximum atomic E-state index is 5.97. The molecule has 1 fully saturated rings. The second-order valence-corrected chi connectivity index (χ2v) is 4.68. The smallest absolute Gasteiger partial charge is 0.191 e. The van der Waals surface area contributed by atoms with Crippen molar-refractivity contribution in [3.05, 3.63) is 0 Å². The van der Waals surface area contributed by atoms with Crippen molar-refractivity contribution in [3.8, 4) is 0 Å². The van der Waals surface area contributed by atoms with Crippen LogP contribution in [-0.4, -0.2) is 30.5 Å². The van der Waals surface area contributed by atoms with E-state index < -0.39 is 0 Å². The van der Waals surface area contributed by atoms with Crippen LogP contribution in [0.25, 0.3) is 0 Å². The summed E-state index contributed by atoms with van der Waals surface area (Å²) >= 11 is 0. The van der Waals surface area contributed by atoms with E-state index in [9.17, 15) is 0 Å². The Morgan fingerprint density at radius 2 is 2.07 bits per heavy atom. The van der Waals surface area contributed by atoms with E-state index in [0.717, 1.165) is 24.8 Å². The molecule has 3 nitrogen and oxygen atoms in total. The van der Waals surface area contributed by atoms with Gasteiger partial charge in [-0.1, -0.05) is 26.7 Å². The van der Waals surface area contributed by atoms with Gasteiger partial charge >= 0.3 is 0 Å². The molecule has 0 spiro atoms. The highest BCUT2D eigenvalue weighted by Crippen LogP contribution is 2.27. The molecule has 15 heavy (non-hydrogen) atoms. The van der Waals surface area contributed by atoms with E-state index in [-0.39, 0.29) is 0 Å². The molecule has 0 heterocycles. The van der Waals surface area contributed by atoms with Crippen molar-refractivity contribution in [1.29, 1.82) is 0 Å². The molecule has 1 aliphatic carbocycles. The largest absolute Gasteiger partial charge is 0.370 e. The third-order valence-corrected chi connectivity index (χ3v) is 3.42. The molecule has 0 radical (unpaired) electrons. The van der Waals surface area contributed by atoms with Crippen LogP contribution >= 0.6 is 0 Å². The second-order valence-electron chi connectivity index (χ2n) is 4.68. The van der Waals surface area contributed by atoms with E-state index in [2.05, 4.69) is 30.8 Å². The molecule has 88 valence electrons. The van der Waals surface area contributed by atoms with Crippen LogP contribution in [-0.2, 0) is 0 Å². The highest BCUT2D eigenvalue weighted by Gasteiger charge is 2.25. The van der Waals surface area contributed by atoms with Crippen molar-refractivity contribution < 1.29 is 0 Å². The summed E-state index contributed by atoms with van der Waals surface area (Å²) in [7, 11) is 2.08.